The number of fused-ring (bicyclic) bond motifs is 1. The number of hydrogen-bond donors (Lipinski definition) is 2. The van der Waals surface area contributed by atoms with Crippen molar-refractivity contribution in [2.45, 2.75) is 13.3 Å². The largest absolute Gasteiger partial charge is 0.489 e. The molecule has 0 amide bonds. The van der Waals surface area contributed by atoms with E-state index in [4.69, 9.17) is 15.2 Å². The van der Waals surface area contributed by atoms with E-state index in [1.807, 2.05) is 18.2 Å². The number of benzene rings is 1. The minimum absolute atomic E-state index is 0.711. The highest BCUT2D eigenvalue weighted by atomic mass is 16.5. The fraction of sp³-hybridized carbons (Fsp3) is 0.714. The number of hydrogen-bond acceptors (Lipinski definition) is 7. The Balaban J connectivity index is 1.49. The molecule has 0 radical (unpaired) electrons. The molecule has 7 heteroatoms. The average molecular weight is 394 g/mol. The third-order valence-electron chi connectivity index (χ3n) is 5.00. The van der Waals surface area contributed by atoms with Crippen LogP contribution >= 0.6 is 0 Å². The van der Waals surface area contributed by atoms with Gasteiger partial charge in [-0.25, -0.2) is 0 Å². The lowest BCUT2D eigenvalue weighted by molar-refractivity contribution is 0.121. The molecular formula is C21H39N5O2. The Morgan fingerprint density at radius 2 is 2.04 bits per heavy atom. The van der Waals surface area contributed by atoms with Crippen LogP contribution < -0.4 is 20.7 Å². The molecule has 1 heterocycles. The summed E-state index contributed by atoms with van der Waals surface area (Å²) >= 11 is 0. The first kappa shape index (κ1) is 22.7. The molecule has 1 aromatic rings. The molecule has 0 bridgehead atoms. The van der Waals surface area contributed by atoms with Crippen LogP contribution in [0.25, 0.3) is 0 Å². The SMILES string of the molecule is CCN(CCCOCCNCCN1CCOc2cc(N)ccc21)CCN(C)C. The summed E-state index contributed by atoms with van der Waals surface area (Å²) in [6, 6.07) is 5.88. The highest BCUT2D eigenvalue weighted by Gasteiger charge is 2.17. The Morgan fingerprint density at radius 3 is 2.82 bits per heavy atom. The Kier molecular flexibility index (Phi) is 10.4. The predicted octanol–water partition coefficient (Wildman–Crippen LogP) is 1.35. The van der Waals surface area contributed by atoms with Gasteiger partial charge < -0.3 is 35.2 Å². The molecule has 0 saturated carbocycles. The van der Waals surface area contributed by atoms with Gasteiger partial charge in [0.1, 0.15) is 12.4 Å². The monoisotopic (exact) mass is 393 g/mol. The Labute approximate surface area is 170 Å². The van der Waals surface area contributed by atoms with E-state index < -0.39 is 0 Å². The lowest BCUT2D eigenvalue weighted by Gasteiger charge is -2.31. The van der Waals surface area contributed by atoms with Crippen molar-refractivity contribution in [2.75, 3.05) is 96.9 Å². The molecule has 0 aromatic heterocycles. The van der Waals surface area contributed by atoms with E-state index in [1.54, 1.807) is 0 Å². The average Bonchev–Trinajstić information content (AvgIpc) is 2.68. The van der Waals surface area contributed by atoms with Crippen LogP contribution in [0.5, 0.6) is 5.75 Å². The quantitative estimate of drug-likeness (QED) is 0.365. The molecule has 28 heavy (non-hydrogen) atoms. The van der Waals surface area contributed by atoms with Gasteiger partial charge in [-0.1, -0.05) is 6.92 Å². The molecule has 1 aliphatic rings. The number of nitrogens with one attached hydrogen (secondary N) is 1. The Morgan fingerprint density at radius 1 is 1.18 bits per heavy atom. The third kappa shape index (κ3) is 8.22. The van der Waals surface area contributed by atoms with Gasteiger partial charge in [0.2, 0.25) is 0 Å². The van der Waals surface area contributed by atoms with Gasteiger partial charge in [0.25, 0.3) is 0 Å². The van der Waals surface area contributed by atoms with Gasteiger partial charge >= 0.3 is 0 Å². The second kappa shape index (κ2) is 12.8. The lowest BCUT2D eigenvalue weighted by Crippen LogP contribution is -2.38. The van der Waals surface area contributed by atoms with Crippen molar-refractivity contribution in [3.05, 3.63) is 18.2 Å². The van der Waals surface area contributed by atoms with Gasteiger partial charge in [0.05, 0.1) is 18.8 Å². The summed E-state index contributed by atoms with van der Waals surface area (Å²) < 4.78 is 11.5. The first-order valence-corrected chi connectivity index (χ1v) is 10.5. The van der Waals surface area contributed by atoms with Gasteiger partial charge in [0, 0.05) is 57.6 Å². The van der Waals surface area contributed by atoms with Crippen LogP contribution in [-0.4, -0.2) is 96.1 Å². The van der Waals surface area contributed by atoms with Crippen LogP contribution in [0, 0.1) is 0 Å². The maximum Gasteiger partial charge on any atom is 0.144 e. The van der Waals surface area contributed by atoms with Crippen molar-refractivity contribution in [1.29, 1.82) is 0 Å². The fourth-order valence-electron chi connectivity index (χ4n) is 3.27. The number of nitrogens with zero attached hydrogens (tertiary/aromatic N) is 3. The fourth-order valence-corrected chi connectivity index (χ4v) is 3.27. The van der Waals surface area contributed by atoms with Gasteiger partial charge in [-0.15, -0.1) is 0 Å². The van der Waals surface area contributed by atoms with Crippen molar-refractivity contribution < 1.29 is 9.47 Å². The first-order valence-electron chi connectivity index (χ1n) is 10.5. The van der Waals surface area contributed by atoms with Gasteiger partial charge in [-0.05, 0) is 39.2 Å². The zero-order valence-corrected chi connectivity index (χ0v) is 18.0. The third-order valence-corrected chi connectivity index (χ3v) is 5.00. The first-order chi connectivity index (χ1) is 13.6. The van der Waals surface area contributed by atoms with E-state index in [-0.39, 0.29) is 0 Å². The number of nitrogens with two attached hydrogens (primary N) is 1. The summed E-state index contributed by atoms with van der Waals surface area (Å²) in [6.07, 6.45) is 1.09. The summed E-state index contributed by atoms with van der Waals surface area (Å²) in [4.78, 5) is 7.06. The summed E-state index contributed by atoms with van der Waals surface area (Å²) in [6.45, 7) is 12.7. The van der Waals surface area contributed by atoms with Gasteiger partial charge in [-0.3, -0.25) is 0 Å². The molecule has 0 aliphatic carbocycles. The second-order valence-electron chi connectivity index (χ2n) is 7.52. The predicted molar refractivity (Wildman–Crippen MR) is 118 cm³/mol. The molecule has 1 aromatic carbocycles. The van der Waals surface area contributed by atoms with E-state index in [2.05, 4.69) is 41.0 Å². The Hall–Kier alpha value is -1.54. The molecule has 1 aliphatic heterocycles. The van der Waals surface area contributed by atoms with Gasteiger partial charge in [0.15, 0.2) is 0 Å². The van der Waals surface area contributed by atoms with E-state index >= 15 is 0 Å². The molecule has 7 nitrogen and oxygen atoms in total. The normalized spacial score (nSPS) is 13.8. The number of rotatable bonds is 14. The van der Waals surface area contributed by atoms with Crippen molar-refractivity contribution in [3.63, 3.8) is 0 Å². The molecule has 160 valence electrons. The minimum Gasteiger partial charge on any atom is -0.489 e. The molecule has 3 N–H and O–H groups in total. The number of nitrogen functional groups attached to an aromatic ring is 1. The lowest BCUT2D eigenvalue weighted by atomic mass is 10.2. The minimum atomic E-state index is 0.711. The number of likely N-dealkylation sites (N-methyl/N-ethyl adjacent to an activating group) is 2. The second-order valence-corrected chi connectivity index (χ2v) is 7.52. The van der Waals surface area contributed by atoms with E-state index in [9.17, 15) is 0 Å². The van der Waals surface area contributed by atoms with Crippen molar-refractivity contribution in [1.82, 2.24) is 15.1 Å². The van der Waals surface area contributed by atoms with Crippen LogP contribution in [0.3, 0.4) is 0 Å². The van der Waals surface area contributed by atoms with Crippen molar-refractivity contribution >= 4 is 11.4 Å². The highest BCUT2D eigenvalue weighted by Crippen LogP contribution is 2.32. The van der Waals surface area contributed by atoms with E-state index in [1.165, 1.54) is 0 Å². The summed E-state index contributed by atoms with van der Waals surface area (Å²) in [5, 5.41) is 3.47. The molecule has 0 unspecified atom stereocenters. The molecule has 0 fully saturated rings. The summed E-state index contributed by atoms with van der Waals surface area (Å²) in [7, 11) is 4.25. The standard InChI is InChI=1S/C21H39N5O2/c1-4-25(13-12-24(2)3)10-5-15-27-16-9-23-8-11-26-14-17-28-21-18-19(22)6-7-20(21)26/h6-7,18,23H,4-5,8-17,22H2,1-3H3. The summed E-state index contributed by atoms with van der Waals surface area (Å²) in [5.41, 5.74) is 7.72. The van der Waals surface area contributed by atoms with Crippen molar-refractivity contribution in [2.24, 2.45) is 0 Å². The van der Waals surface area contributed by atoms with E-state index in [0.29, 0.717) is 6.61 Å². The molecule has 2 rings (SSSR count). The topological polar surface area (TPSA) is 66.2 Å². The molecule has 0 spiro atoms. The van der Waals surface area contributed by atoms with Crippen LogP contribution in [0.2, 0.25) is 0 Å². The van der Waals surface area contributed by atoms with Crippen LogP contribution in [-0.2, 0) is 4.74 Å². The van der Waals surface area contributed by atoms with Crippen LogP contribution in [0.1, 0.15) is 13.3 Å². The zero-order valence-electron chi connectivity index (χ0n) is 18.0. The molecule has 0 atom stereocenters. The maximum absolute atomic E-state index is 5.84. The summed E-state index contributed by atoms with van der Waals surface area (Å²) in [5.74, 6) is 0.890. The van der Waals surface area contributed by atoms with Crippen molar-refractivity contribution in [3.8, 4) is 5.75 Å². The Bertz CT molecular complexity index is 556. The molecule has 0 saturated heterocycles. The maximum atomic E-state index is 5.84. The highest BCUT2D eigenvalue weighted by molar-refractivity contribution is 5.65. The molecular weight excluding hydrogens is 354 g/mol. The smallest absolute Gasteiger partial charge is 0.144 e. The number of ether oxygens (including phenoxy) is 2. The number of anilines is 2. The van der Waals surface area contributed by atoms with Gasteiger partial charge in [-0.2, -0.15) is 0 Å². The van der Waals surface area contributed by atoms with E-state index in [0.717, 1.165) is 89.1 Å². The zero-order chi connectivity index (χ0) is 20.2. The van der Waals surface area contributed by atoms with Crippen LogP contribution in [0.4, 0.5) is 11.4 Å². The van der Waals surface area contributed by atoms with Crippen LogP contribution in [0.15, 0.2) is 18.2 Å².